The second kappa shape index (κ2) is 8.19. The van der Waals surface area contributed by atoms with Crippen LogP contribution >= 0.6 is 0 Å². The van der Waals surface area contributed by atoms with Gasteiger partial charge in [0, 0.05) is 36.8 Å². The number of carbonyl (C=O) groups excluding carboxylic acids is 1. The van der Waals surface area contributed by atoms with Gasteiger partial charge in [0.1, 0.15) is 5.75 Å². The zero-order valence-electron chi connectivity index (χ0n) is 20.4. The first-order valence-electron chi connectivity index (χ1n) is 13.1. The molecule has 1 amide bonds. The van der Waals surface area contributed by atoms with E-state index in [-0.39, 0.29) is 0 Å². The number of hydrogen-bond acceptors (Lipinski definition) is 6. The van der Waals surface area contributed by atoms with Crippen LogP contribution in [0.3, 0.4) is 0 Å². The second-order valence-corrected chi connectivity index (χ2v) is 12.3. The van der Waals surface area contributed by atoms with Crippen molar-refractivity contribution in [1.29, 1.82) is 0 Å². The molecule has 1 aromatic rings. The summed E-state index contributed by atoms with van der Waals surface area (Å²) in [6, 6.07) is 7.81. The third kappa shape index (κ3) is 4.15. The molecule has 1 saturated heterocycles. The Balaban J connectivity index is 1.10. The number of rotatable bonds is 4. The highest BCUT2D eigenvalue weighted by Crippen LogP contribution is 2.64. The van der Waals surface area contributed by atoms with Crippen molar-refractivity contribution < 1.29 is 24.0 Å². The molecule has 6 aliphatic rings. The van der Waals surface area contributed by atoms with Crippen molar-refractivity contribution in [1.82, 2.24) is 5.32 Å². The van der Waals surface area contributed by atoms with Gasteiger partial charge in [0.15, 0.2) is 0 Å². The van der Waals surface area contributed by atoms with E-state index in [0.29, 0.717) is 30.0 Å². The Kier molecular flexibility index (Phi) is 5.48. The molecule has 0 aromatic heterocycles. The number of amides is 1. The van der Waals surface area contributed by atoms with Gasteiger partial charge in [-0.2, -0.15) is 9.78 Å². The molecule has 3 N–H and O–H groups in total. The fourth-order valence-corrected chi connectivity index (χ4v) is 7.51. The van der Waals surface area contributed by atoms with E-state index in [4.69, 9.17) is 25.0 Å². The lowest BCUT2D eigenvalue weighted by Gasteiger charge is -2.57. The Morgan fingerprint density at radius 2 is 1.76 bits per heavy atom. The zero-order chi connectivity index (χ0) is 23.6. The predicted molar refractivity (Wildman–Crippen MR) is 126 cm³/mol. The topological polar surface area (TPSA) is 92.0 Å². The highest BCUT2D eigenvalue weighted by Gasteiger charge is 2.67. The van der Waals surface area contributed by atoms with Gasteiger partial charge in [-0.1, -0.05) is 12.1 Å². The van der Waals surface area contributed by atoms with Crippen molar-refractivity contribution in [3.63, 3.8) is 0 Å². The number of ether oxygens (including phenoxy) is 2. The molecular formula is C27H38N2O5. The van der Waals surface area contributed by atoms with Crippen LogP contribution in [-0.2, 0) is 14.5 Å². The summed E-state index contributed by atoms with van der Waals surface area (Å²) in [6.45, 7) is 4.06. The van der Waals surface area contributed by atoms with Gasteiger partial charge in [-0.3, -0.25) is 0 Å². The SMILES string of the molecule is CC(C)(N)CNC(=O)Oc1ccc(C2CCC[C@]3(C2)OOC2(O3)C3CC4CC(C3)CC2C4)cc1. The Morgan fingerprint density at radius 1 is 1.09 bits per heavy atom. The molecule has 7 nitrogen and oxygen atoms in total. The summed E-state index contributed by atoms with van der Waals surface area (Å²) < 4.78 is 12.3. The molecule has 186 valence electrons. The molecule has 1 aromatic carbocycles. The molecule has 2 atom stereocenters. The molecule has 1 aliphatic heterocycles. The summed E-state index contributed by atoms with van der Waals surface area (Å²) >= 11 is 0. The maximum absolute atomic E-state index is 12.0. The average Bonchev–Trinajstić information content (AvgIpc) is 3.15. The van der Waals surface area contributed by atoms with E-state index >= 15 is 0 Å². The third-order valence-corrected chi connectivity index (χ3v) is 8.86. The van der Waals surface area contributed by atoms with Crippen LogP contribution in [0.4, 0.5) is 4.79 Å². The largest absolute Gasteiger partial charge is 0.412 e. The molecule has 5 aliphatic carbocycles. The van der Waals surface area contributed by atoms with Gasteiger partial charge in [-0.25, -0.2) is 4.79 Å². The molecule has 5 saturated carbocycles. The van der Waals surface area contributed by atoms with Crippen LogP contribution in [0.5, 0.6) is 5.75 Å². The smallest absolute Gasteiger partial charge is 0.410 e. The van der Waals surface area contributed by atoms with E-state index in [2.05, 4.69) is 5.32 Å². The summed E-state index contributed by atoms with van der Waals surface area (Å²) in [5.41, 5.74) is 6.64. The summed E-state index contributed by atoms with van der Waals surface area (Å²) in [6.07, 6.45) is 9.65. The van der Waals surface area contributed by atoms with Crippen LogP contribution < -0.4 is 15.8 Å². The van der Waals surface area contributed by atoms with E-state index in [1.54, 1.807) is 0 Å². The van der Waals surface area contributed by atoms with Crippen LogP contribution in [0.15, 0.2) is 24.3 Å². The first-order chi connectivity index (χ1) is 16.2. The van der Waals surface area contributed by atoms with E-state index < -0.39 is 23.2 Å². The minimum absolute atomic E-state index is 0.324. The Labute approximate surface area is 202 Å². The first kappa shape index (κ1) is 22.8. The number of benzene rings is 1. The lowest BCUT2D eigenvalue weighted by atomic mass is 9.53. The van der Waals surface area contributed by atoms with Crippen molar-refractivity contribution in [2.45, 2.75) is 94.7 Å². The molecule has 1 heterocycles. The standard InChI is InChI=1S/C27H38N2O5/c1-25(2,28)16-29-24(30)31-23-7-5-19(6-8-23)20-4-3-9-26(15-20)32-27(34-33-26)21-11-17-10-18(13-21)14-22(27)12-17/h5-8,17-18,20-22H,3-4,9-16,28H2,1-2H3,(H,29,30)/t17?,18?,20?,21?,22?,26-,27?/m1/s1. The minimum atomic E-state index is -0.637. The molecule has 7 heteroatoms. The lowest BCUT2D eigenvalue weighted by molar-refractivity contribution is -0.390. The molecule has 0 radical (unpaired) electrons. The zero-order valence-corrected chi connectivity index (χ0v) is 20.4. The minimum Gasteiger partial charge on any atom is -0.410 e. The van der Waals surface area contributed by atoms with Crippen LogP contribution in [0.1, 0.15) is 83.1 Å². The Morgan fingerprint density at radius 3 is 2.41 bits per heavy atom. The molecule has 4 bridgehead atoms. The van der Waals surface area contributed by atoms with Gasteiger partial charge in [0.2, 0.25) is 11.6 Å². The summed E-state index contributed by atoms with van der Waals surface area (Å²) in [7, 11) is 0. The molecule has 1 unspecified atom stereocenters. The molecular weight excluding hydrogens is 432 g/mol. The average molecular weight is 471 g/mol. The maximum Gasteiger partial charge on any atom is 0.412 e. The van der Waals surface area contributed by atoms with Crippen molar-refractivity contribution >= 4 is 6.09 Å². The number of nitrogens with two attached hydrogens (primary N) is 1. The number of hydrogen-bond donors (Lipinski definition) is 2. The van der Waals surface area contributed by atoms with Gasteiger partial charge in [0.05, 0.1) is 0 Å². The van der Waals surface area contributed by atoms with E-state index in [1.165, 1.54) is 37.7 Å². The van der Waals surface area contributed by atoms with E-state index in [9.17, 15) is 4.79 Å². The number of carbonyl (C=O) groups is 1. The highest BCUT2D eigenvalue weighted by molar-refractivity contribution is 5.70. The Bertz CT molecular complexity index is 898. The van der Waals surface area contributed by atoms with Crippen molar-refractivity contribution in [2.75, 3.05) is 6.54 Å². The van der Waals surface area contributed by atoms with E-state index in [0.717, 1.165) is 37.5 Å². The monoisotopic (exact) mass is 470 g/mol. The fourth-order valence-electron chi connectivity index (χ4n) is 7.51. The summed E-state index contributed by atoms with van der Waals surface area (Å²) in [5, 5.41) is 2.70. The number of nitrogens with one attached hydrogen (secondary N) is 1. The quantitative estimate of drug-likeness (QED) is 0.602. The fraction of sp³-hybridized carbons (Fsp3) is 0.741. The van der Waals surface area contributed by atoms with Crippen molar-refractivity contribution in [3.05, 3.63) is 29.8 Å². The second-order valence-electron chi connectivity index (χ2n) is 12.3. The normalized spacial score (nSPS) is 40.7. The van der Waals surface area contributed by atoms with E-state index in [1.807, 2.05) is 38.1 Å². The predicted octanol–water partition coefficient (Wildman–Crippen LogP) is 5.00. The summed E-state index contributed by atoms with van der Waals surface area (Å²) in [4.78, 5) is 24.4. The molecule has 34 heavy (non-hydrogen) atoms. The van der Waals surface area contributed by atoms with Gasteiger partial charge >= 0.3 is 6.09 Å². The van der Waals surface area contributed by atoms with Gasteiger partial charge in [0.25, 0.3) is 0 Å². The van der Waals surface area contributed by atoms with Crippen LogP contribution in [-0.4, -0.2) is 29.8 Å². The molecule has 2 spiro atoms. The van der Waals surface area contributed by atoms with Crippen LogP contribution in [0.25, 0.3) is 0 Å². The van der Waals surface area contributed by atoms with Crippen LogP contribution in [0.2, 0.25) is 0 Å². The van der Waals surface area contributed by atoms with Crippen molar-refractivity contribution in [2.24, 2.45) is 29.4 Å². The third-order valence-electron chi connectivity index (χ3n) is 8.86. The van der Waals surface area contributed by atoms with Gasteiger partial charge in [-0.05, 0) is 94.2 Å². The summed E-state index contributed by atoms with van der Waals surface area (Å²) in [5.74, 6) is 2.38. The molecule has 7 rings (SSSR count). The lowest BCUT2D eigenvalue weighted by Crippen LogP contribution is -2.59. The first-order valence-corrected chi connectivity index (χ1v) is 13.1. The Hall–Kier alpha value is -1.67. The highest BCUT2D eigenvalue weighted by atomic mass is 17.3. The van der Waals surface area contributed by atoms with Gasteiger partial charge in [-0.15, -0.1) is 0 Å². The molecule has 6 fully saturated rings. The van der Waals surface area contributed by atoms with Crippen LogP contribution in [0, 0.1) is 23.7 Å². The van der Waals surface area contributed by atoms with Crippen molar-refractivity contribution in [3.8, 4) is 5.75 Å². The van der Waals surface area contributed by atoms with Gasteiger partial charge < -0.3 is 20.5 Å². The maximum atomic E-state index is 12.0.